The van der Waals surface area contributed by atoms with Crippen molar-refractivity contribution in [1.29, 1.82) is 0 Å². The van der Waals surface area contributed by atoms with Gasteiger partial charge < -0.3 is 10.0 Å². The Morgan fingerprint density at radius 1 is 1.50 bits per heavy atom. The zero-order chi connectivity index (χ0) is 11.7. The summed E-state index contributed by atoms with van der Waals surface area (Å²) in [4.78, 5) is 21.4. The Morgan fingerprint density at radius 2 is 2.12 bits per heavy atom. The molecule has 2 unspecified atom stereocenters. The lowest BCUT2D eigenvalue weighted by molar-refractivity contribution is -0.141. The monoisotopic (exact) mass is 221 g/mol. The fraction of sp³-hybridized carbons (Fsp3) is 0.545. The van der Waals surface area contributed by atoms with E-state index in [1.165, 1.54) is 0 Å². The number of rotatable bonds is 2. The van der Waals surface area contributed by atoms with Crippen LogP contribution in [0.15, 0.2) is 12.4 Å². The maximum absolute atomic E-state index is 11.0. The van der Waals surface area contributed by atoms with E-state index < -0.39 is 5.97 Å². The number of carboxylic acids is 1. The SMILES string of the molecule is Cc1cnc(N2CCC(C(=O)O)C2C)nc1. The first-order valence-electron chi connectivity index (χ1n) is 5.37. The molecule has 1 N–H and O–H groups in total. The Morgan fingerprint density at radius 3 is 2.62 bits per heavy atom. The molecule has 0 spiro atoms. The normalized spacial score (nSPS) is 24.8. The quantitative estimate of drug-likeness (QED) is 0.809. The van der Waals surface area contributed by atoms with Crippen LogP contribution in [0, 0.1) is 12.8 Å². The fourth-order valence-corrected chi connectivity index (χ4v) is 2.09. The largest absolute Gasteiger partial charge is 0.481 e. The maximum atomic E-state index is 11.0. The zero-order valence-corrected chi connectivity index (χ0v) is 9.42. The van der Waals surface area contributed by atoms with Crippen LogP contribution in [0.1, 0.15) is 18.9 Å². The first-order chi connectivity index (χ1) is 7.59. The van der Waals surface area contributed by atoms with Gasteiger partial charge in [0.25, 0.3) is 0 Å². The topological polar surface area (TPSA) is 66.3 Å². The Kier molecular flexibility index (Phi) is 2.77. The minimum atomic E-state index is -0.734. The third kappa shape index (κ3) is 1.85. The number of carboxylic acid groups (broad SMARTS) is 1. The summed E-state index contributed by atoms with van der Waals surface area (Å²) < 4.78 is 0. The van der Waals surface area contributed by atoms with Gasteiger partial charge in [0.15, 0.2) is 0 Å². The highest BCUT2D eigenvalue weighted by molar-refractivity contribution is 5.72. The molecule has 0 saturated carbocycles. The van der Waals surface area contributed by atoms with Crippen molar-refractivity contribution in [3.63, 3.8) is 0 Å². The van der Waals surface area contributed by atoms with Crippen molar-refractivity contribution in [2.45, 2.75) is 26.3 Å². The van der Waals surface area contributed by atoms with E-state index in [9.17, 15) is 4.79 Å². The van der Waals surface area contributed by atoms with Gasteiger partial charge in [-0.3, -0.25) is 4.79 Å². The van der Waals surface area contributed by atoms with Crippen LogP contribution in [0.25, 0.3) is 0 Å². The number of hydrogen-bond acceptors (Lipinski definition) is 4. The molecule has 0 aliphatic carbocycles. The Balaban J connectivity index is 2.18. The average molecular weight is 221 g/mol. The number of aromatic nitrogens is 2. The van der Waals surface area contributed by atoms with E-state index in [2.05, 4.69) is 9.97 Å². The molecule has 1 aromatic rings. The van der Waals surface area contributed by atoms with Gasteiger partial charge in [0.2, 0.25) is 5.95 Å². The number of anilines is 1. The second-order valence-corrected chi connectivity index (χ2v) is 4.23. The summed E-state index contributed by atoms with van der Waals surface area (Å²) in [5, 5.41) is 9.02. The molecule has 1 aliphatic heterocycles. The number of aryl methyl sites for hydroxylation is 1. The molecule has 0 amide bonds. The molecule has 2 atom stereocenters. The Bertz CT molecular complexity index is 391. The minimum Gasteiger partial charge on any atom is -0.481 e. The van der Waals surface area contributed by atoms with Crippen LogP contribution in [0.3, 0.4) is 0 Å². The van der Waals surface area contributed by atoms with Gasteiger partial charge in [-0.25, -0.2) is 9.97 Å². The summed E-state index contributed by atoms with van der Waals surface area (Å²) in [5.41, 5.74) is 1.00. The van der Waals surface area contributed by atoms with E-state index in [-0.39, 0.29) is 12.0 Å². The van der Waals surface area contributed by atoms with Gasteiger partial charge in [0.05, 0.1) is 5.92 Å². The number of hydrogen-bond donors (Lipinski definition) is 1. The molecular formula is C11H15N3O2. The van der Waals surface area contributed by atoms with Crippen LogP contribution in [0.4, 0.5) is 5.95 Å². The van der Waals surface area contributed by atoms with Crippen LogP contribution < -0.4 is 4.90 Å². The third-order valence-corrected chi connectivity index (χ3v) is 3.10. The number of nitrogens with zero attached hydrogens (tertiary/aromatic N) is 3. The molecule has 1 saturated heterocycles. The van der Waals surface area contributed by atoms with E-state index >= 15 is 0 Å². The first-order valence-corrected chi connectivity index (χ1v) is 5.37. The van der Waals surface area contributed by atoms with Gasteiger partial charge in [-0.15, -0.1) is 0 Å². The molecule has 1 aromatic heterocycles. The molecule has 0 radical (unpaired) electrons. The Hall–Kier alpha value is -1.65. The van der Waals surface area contributed by atoms with Crippen molar-refractivity contribution in [3.8, 4) is 0 Å². The van der Waals surface area contributed by atoms with Crippen LogP contribution >= 0.6 is 0 Å². The van der Waals surface area contributed by atoms with Crippen LogP contribution in [0.2, 0.25) is 0 Å². The van der Waals surface area contributed by atoms with Crippen LogP contribution in [0.5, 0.6) is 0 Å². The molecule has 1 aliphatic rings. The van der Waals surface area contributed by atoms with Crippen LogP contribution in [-0.2, 0) is 4.79 Å². The molecular weight excluding hydrogens is 206 g/mol. The Labute approximate surface area is 94.1 Å². The predicted octanol–water partition coefficient (Wildman–Crippen LogP) is 1.08. The third-order valence-electron chi connectivity index (χ3n) is 3.10. The maximum Gasteiger partial charge on any atom is 0.308 e. The first kappa shape index (κ1) is 10.9. The van der Waals surface area contributed by atoms with Crippen molar-refractivity contribution >= 4 is 11.9 Å². The van der Waals surface area contributed by atoms with Crippen molar-refractivity contribution in [1.82, 2.24) is 9.97 Å². The summed E-state index contributed by atoms with van der Waals surface area (Å²) in [6, 6.07) is -0.0415. The van der Waals surface area contributed by atoms with Crippen molar-refractivity contribution in [2.24, 2.45) is 5.92 Å². The molecule has 0 bridgehead atoms. The van der Waals surface area contributed by atoms with Crippen molar-refractivity contribution < 1.29 is 9.90 Å². The summed E-state index contributed by atoms with van der Waals surface area (Å²) in [7, 11) is 0. The zero-order valence-electron chi connectivity index (χ0n) is 9.42. The second kappa shape index (κ2) is 4.08. The van der Waals surface area contributed by atoms with Crippen molar-refractivity contribution in [2.75, 3.05) is 11.4 Å². The second-order valence-electron chi connectivity index (χ2n) is 4.23. The van der Waals surface area contributed by atoms with Crippen molar-refractivity contribution in [3.05, 3.63) is 18.0 Å². The lowest BCUT2D eigenvalue weighted by atomic mass is 10.0. The molecule has 2 rings (SSSR count). The summed E-state index contributed by atoms with van der Waals surface area (Å²) >= 11 is 0. The lowest BCUT2D eigenvalue weighted by Crippen LogP contribution is -2.34. The fourth-order valence-electron chi connectivity index (χ4n) is 2.09. The van der Waals surface area contributed by atoms with Gasteiger partial charge in [0.1, 0.15) is 0 Å². The van der Waals surface area contributed by atoms with Gasteiger partial charge in [0, 0.05) is 25.0 Å². The average Bonchev–Trinajstić information content (AvgIpc) is 2.61. The van der Waals surface area contributed by atoms with E-state index in [4.69, 9.17) is 5.11 Å². The highest BCUT2D eigenvalue weighted by Crippen LogP contribution is 2.27. The molecule has 1 fully saturated rings. The summed E-state index contributed by atoms with van der Waals surface area (Å²) in [5.74, 6) is -0.422. The predicted molar refractivity (Wildman–Crippen MR) is 59.3 cm³/mol. The van der Waals surface area contributed by atoms with Gasteiger partial charge in [-0.2, -0.15) is 0 Å². The minimum absolute atomic E-state index is 0.0415. The van der Waals surface area contributed by atoms with Crippen LogP contribution in [-0.4, -0.2) is 33.6 Å². The van der Waals surface area contributed by atoms with E-state index in [1.807, 2.05) is 18.7 Å². The molecule has 16 heavy (non-hydrogen) atoms. The smallest absolute Gasteiger partial charge is 0.308 e. The van der Waals surface area contributed by atoms with Gasteiger partial charge in [-0.05, 0) is 25.8 Å². The molecule has 0 aromatic carbocycles. The molecule has 86 valence electrons. The molecule has 5 heteroatoms. The van der Waals surface area contributed by atoms with Gasteiger partial charge in [-0.1, -0.05) is 0 Å². The van der Waals surface area contributed by atoms with E-state index in [0.717, 1.165) is 5.56 Å². The van der Waals surface area contributed by atoms with E-state index in [1.54, 1.807) is 12.4 Å². The number of carbonyl (C=O) groups is 1. The highest BCUT2D eigenvalue weighted by Gasteiger charge is 2.36. The standard InChI is InChI=1S/C11H15N3O2/c1-7-5-12-11(13-6-7)14-4-3-9(8(14)2)10(15)16/h5-6,8-9H,3-4H2,1-2H3,(H,15,16). The highest BCUT2D eigenvalue weighted by atomic mass is 16.4. The van der Waals surface area contributed by atoms with Gasteiger partial charge >= 0.3 is 5.97 Å². The summed E-state index contributed by atoms with van der Waals surface area (Å²) in [6.45, 7) is 4.55. The molecule has 5 nitrogen and oxygen atoms in total. The van der Waals surface area contributed by atoms with E-state index in [0.29, 0.717) is 18.9 Å². The molecule has 2 heterocycles. The summed E-state index contributed by atoms with van der Waals surface area (Å²) in [6.07, 6.45) is 4.17. The number of aliphatic carboxylic acids is 1. The lowest BCUT2D eigenvalue weighted by Gasteiger charge is -2.22.